The molecule has 0 saturated heterocycles. The van der Waals surface area contributed by atoms with Crippen LogP contribution in [-0.4, -0.2) is 13.2 Å². The van der Waals surface area contributed by atoms with E-state index in [-0.39, 0.29) is 11.3 Å². The van der Waals surface area contributed by atoms with Crippen molar-refractivity contribution in [1.29, 1.82) is 0 Å². The van der Waals surface area contributed by atoms with E-state index in [0.29, 0.717) is 18.4 Å². The molecule has 1 fully saturated rings. The molecule has 0 heterocycles. The van der Waals surface area contributed by atoms with Gasteiger partial charge in [0.05, 0.1) is 18.2 Å². The van der Waals surface area contributed by atoms with Gasteiger partial charge in [0, 0.05) is 6.92 Å². The van der Waals surface area contributed by atoms with Gasteiger partial charge < -0.3 is 4.74 Å². The van der Waals surface area contributed by atoms with Crippen molar-refractivity contribution in [1.82, 2.24) is 0 Å². The summed E-state index contributed by atoms with van der Waals surface area (Å²) in [5.74, 6) is -2.93. The summed E-state index contributed by atoms with van der Waals surface area (Å²) in [5, 5.41) is 0. The summed E-state index contributed by atoms with van der Waals surface area (Å²) in [5.41, 5.74) is -0.681. The predicted octanol–water partition coefficient (Wildman–Crippen LogP) is 3.91. The first-order valence-corrected chi connectivity index (χ1v) is 6.59. The third-order valence-electron chi connectivity index (χ3n) is 3.88. The summed E-state index contributed by atoms with van der Waals surface area (Å²) < 4.78 is 33.1. The number of carbonyl (C=O) groups excluding carboxylic acids is 1. The lowest BCUT2D eigenvalue weighted by Gasteiger charge is -2.29. The van der Waals surface area contributed by atoms with Gasteiger partial charge in [0.15, 0.2) is 0 Å². The van der Waals surface area contributed by atoms with Gasteiger partial charge in [-0.2, -0.15) is 4.99 Å². The van der Waals surface area contributed by atoms with E-state index in [4.69, 9.17) is 4.74 Å². The average molecular weight is 281 g/mol. The minimum atomic E-state index is -3.06. The van der Waals surface area contributed by atoms with Crippen molar-refractivity contribution in [2.24, 2.45) is 4.99 Å². The number of alkyl halides is 2. The fraction of sp³-hybridized carbons (Fsp3) is 0.533. The maximum absolute atomic E-state index is 14.0. The van der Waals surface area contributed by atoms with E-state index in [0.717, 1.165) is 19.8 Å². The van der Waals surface area contributed by atoms with E-state index in [1.54, 1.807) is 18.2 Å². The number of halogens is 2. The Balaban J connectivity index is 2.70. The molecular formula is C15H17F2NO2. The topological polar surface area (TPSA) is 38.7 Å². The van der Waals surface area contributed by atoms with Crippen molar-refractivity contribution in [2.45, 2.75) is 44.1 Å². The second-order valence-electron chi connectivity index (χ2n) is 5.21. The highest BCUT2D eigenvalue weighted by molar-refractivity contribution is 5.49. The molecule has 1 aromatic rings. The van der Waals surface area contributed by atoms with Crippen LogP contribution in [0.15, 0.2) is 23.2 Å². The number of hydrogen-bond donors (Lipinski definition) is 0. The van der Waals surface area contributed by atoms with Crippen LogP contribution >= 0.6 is 0 Å². The Kier molecular flexibility index (Phi) is 3.91. The first-order valence-electron chi connectivity index (χ1n) is 6.59. The number of rotatable bonds is 4. The molecule has 5 heteroatoms. The molecular weight excluding hydrogens is 264 g/mol. The van der Waals surface area contributed by atoms with E-state index in [2.05, 4.69) is 4.99 Å². The average Bonchev–Trinajstić information content (AvgIpc) is 2.87. The zero-order valence-corrected chi connectivity index (χ0v) is 11.6. The van der Waals surface area contributed by atoms with Crippen LogP contribution in [0.1, 0.15) is 43.7 Å². The lowest BCUT2D eigenvalue weighted by atomic mass is 9.83. The lowest BCUT2D eigenvalue weighted by molar-refractivity contribution is 0.0129. The second kappa shape index (κ2) is 5.33. The van der Waals surface area contributed by atoms with E-state index >= 15 is 0 Å². The molecule has 0 spiro atoms. The van der Waals surface area contributed by atoms with Crippen LogP contribution in [0, 0.1) is 0 Å². The fourth-order valence-electron chi connectivity index (χ4n) is 3.03. The van der Waals surface area contributed by atoms with Crippen LogP contribution in [0.2, 0.25) is 0 Å². The van der Waals surface area contributed by atoms with Crippen molar-refractivity contribution < 1.29 is 18.3 Å². The molecule has 1 aliphatic rings. The first-order chi connectivity index (χ1) is 9.44. The monoisotopic (exact) mass is 281 g/mol. The quantitative estimate of drug-likeness (QED) is 0.620. The molecule has 1 saturated carbocycles. The molecule has 0 aliphatic heterocycles. The molecule has 1 aromatic carbocycles. The zero-order valence-electron chi connectivity index (χ0n) is 11.6. The van der Waals surface area contributed by atoms with Gasteiger partial charge in [-0.3, -0.25) is 0 Å². The Morgan fingerprint density at radius 1 is 1.35 bits per heavy atom. The molecule has 108 valence electrons. The van der Waals surface area contributed by atoms with Crippen molar-refractivity contribution in [3.63, 3.8) is 0 Å². The van der Waals surface area contributed by atoms with Crippen LogP contribution in [0.25, 0.3) is 0 Å². The van der Waals surface area contributed by atoms with Crippen LogP contribution < -0.4 is 4.74 Å². The van der Waals surface area contributed by atoms with E-state index in [1.165, 1.54) is 13.2 Å². The standard InChI is InChI=1S/C15H17F2NO2/c1-14(16,17)13-11(6-5-7-12(13)20-2)15(18-10-19)8-3-4-9-15/h5-7H,3-4,8-9H2,1-2H3. The number of benzene rings is 1. The van der Waals surface area contributed by atoms with E-state index in [9.17, 15) is 13.6 Å². The SMILES string of the molecule is COc1cccc(C2(N=C=O)CCCC2)c1C(C)(F)F. The largest absolute Gasteiger partial charge is 0.496 e. The molecule has 0 bridgehead atoms. The molecule has 3 nitrogen and oxygen atoms in total. The number of methoxy groups -OCH3 is 1. The first kappa shape index (κ1) is 14.7. The van der Waals surface area contributed by atoms with E-state index < -0.39 is 11.5 Å². The fourth-order valence-corrected chi connectivity index (χ4v) is 3.03. The minimum absolute atomic E-state index is 0.127. The smallest absolute Gasteiger partial charge is 0.274 e. The number of isocyanates is 1. The summed E-state index contributed by atoms with van der Waals surface area (Å²) in [6.07, 6.45) is 4.43. The normalized spacial score (nSPS) is 17.6. The molecule has 0 radical (unpaired) electrons. The van der Waals surface area contributed by atoms with Crippen molar-refractivity contribution in [2.75, 3.05) is 7.11 Å². The third kappa shape index (κ3) is 2.46. The Bertz CT molecular complexity index is 539. The van der Waals surface area contributed by atoms with Gasteiger partial charge >= 0.3 is 0 Å². The van der Waals surface area contributed by atoms with Gasteiger partial charge in [-0.05, 0) is 24.5 Å². The molecule has 1 aliphatic carbocycles. The van der Waals surface area contributed by atoms with Gasteiger partial charge in [0.1, 0.15) is 5.75 Å². The Hall–Kier alpha value is -1.74. The van der Waals surface area contributed by atoms with E-state index in [1.807, 2.05) is 0 Å². The minimum Gasteiger partial charge on any atom is -0.496 e. The Morgan fingerprint density at radius 3 is 2.50 bits per heavy atom. The summed E-state index contributed by atoms with van der Waals surface area (Å²) >= 11 is 0. The third-order valence-corrected chi connectivity index (χ3v) is 3.88. The summed E-state index contributed by atoms with van der Waals surface area (Å²) in [6.45, 7) is 0.835. The molecule has 0 N–H and O–H groups in total. The number of ether oxygens (including phenoxy) is 1. The molecule has 2 rings (SSSR count). The molecule has 0 amide bonds. The molecule has 20 heavy (non-hydrogen) atoms. The van der Waals surface area contributed by atoms with Gasteiger partial charge in [-0.15, -0.1) is 0 Å². The van der Waals surface area contributed by atoms with Crippen LogP contribution in [-0.2, 0) is 16.3 Å². The van der Waals surface area contributed by atoms with Crippen molar-refractivity contribution in [3.05, 3.63) is 29.3 Å². The summed E-state index contributed by atoms with van der Waals surface area (Å²) in [6, 6.07) is 4.77. The maximum Gasteiger partial charge on any atom is 0.274 e. The molecule has 0 unspecified atom stereocenters. The van der Waals surface area contributed by atoms with Crippen molar-refractivity contribution in [3.8, 4) is 5.75 Å². The summed E-state index contributed by atoms with van der Waals surface area (Å²) in [4.78, 5) is 14.6. The zero-order chi connectivity index (χ0) is 14.8. The van der Waals surface area contributed by atoms with Gasteiger partial charge in [0.25, 0.3) is 5.92 Å². The van der Waals surface area contributed by atoms with Crippen LogP contribution in [0.5, 0.6) is 5.75 Å². The highest BCUT2D eigenvalue weighted by Gasteiger charge is 2.43. The number of aliphatic imine (C=N–C) groups is 1. The number of hydrogen-bond acceptors (Lipinski definition) is 3. The van der Waals surface area contributed by atoms with Crippen LogP contribution in [0.3, 0.4) is 0 Å². The van der Waals surface area contributed by atoms with Gasteiger partial charge in [-0.1, -0.05) is 25.0 Å². The highest BCUT2D eigenvalue weighted by atomic mass is 19.3. The lowest BCUT2D eigenvalue weighted by Crippen LogP contribution is -2.25. The molecule has 0 atom stereocenters. The maximum atomic E-state index is 14.0. The molecule has 0 aromatic heterocycles. The second-order valence-corrected chi connectivity index (χ2v) is 5.21. The van der Waals surface area contributed by atoms with Crippen molar-refractivity contribution >= 4 is 6.08 Å². The number of nitrogens with zero attached hydrogens (tertiary/aromatic N) is 1. The van der Waals surface area contributed by atoms with Crippen LogP contribution in [0.4, 0.5) is 8.78 Å². The highest BCUT2D eigenvalue weighted by Crippen LogP contribution is 2.48. The summed E-state index contributed by atoms with van der Waals surface area (Å²) in [7, 11) is 1.36. The Labute approximate surface area is 116 Å². The Morgan fingerprint density at radius 2 is 2.00 bits per heavy atom. The predicted molar refractivity (Wildman–Crippen MR) is 70.8 cm³/mol. The van der Waals surface area contributed by atoms with Gasteiger partial charge in [0.2, 0.25) is 6.08 Å². The van der Waals surface area contributed by atoms with Gasteiger partial charge in [-0.25, -0.2) is 13.6 Å².